The monoisotopic (exact) mass is 263 g/mol. The van der Waals surface area contributed by atoms with E-state index < -0.39 is 11.9 Å². The minimum absolute atomic E-state index is 0.257. The van der Waals surface area contributed by atoms with Crippen LogP contribution in [0, 0.1) is 5.82 Å². The molecule has 0 saturated carbocycles. The van der Waals surface area contributed by atoms with Gasteiger partial charge in [-0.3, -0.25) is 9.67 Å². The highest BCUT2D eigenvalue weighted by atomic mass is 19.1. The van der Waals surface area contributed by atoms with Gasteiger partial charge in [0.25, 0.3) is 0 Å². The van der Waals surface area contributed by atoms with Crippen molar-refractivity contribution in [3.05, 3.63) is 47.8 Å². The second-order valence-corrected chi connectivity index (χ2v) is 4.66. The number of rotatable bonds is 5. The van der Waals surface area contributed by atoms with Gasteiger partial charge in [-0.1, -0.05) is 6.92 Å². The number of aliphatic hydroxyl groups is 1. The predicted molar refractivity (Wildman–Crippen MR) is 70.1 cm³/mol. The number of hydrogen-bond donors (Lipinski definition) is 1. The molecule has 2 aromatic heterocycles. The number of pyridine rings is 1. The molecule has 102 valence electrons. The fraction of sp³-hybridized carbons (Fsp3) is 0.429. The first-order chi connectivity index (χ1) is 9.11. The molecule has 0 saturated heterocycles. The van der Waals surface area contributed by atoms with Gasteiger partial charge in [0.1, 0.15) is 5.82 Å². The first-order valence-corrected chi connectivity index (χ1v) is 6.43. The second-order valence-electron chi connectivity index (χ2n) is 4.66. The van der Waals surface area contributed by atoms with Gasteiger partial charge in [0.2, 0.25) is 0 Å². The van der Waals surface area contributed by atoms with Crippen LogP contribution in [0.15, 0.2) is 30.7 Å². The van der Waals surface area contributed by atoms with Crippen molar-refractivity contribution in [3.8, 4) is 0 Å². The molecule has 4 nitrogen and oxygen atoms in total. The van der Waals surface area contributed by atoms with E-state index in [1.54, 1.807) is 0 Å². The molecular weight excluding hydrogens is 245 g/mol. The molecular formula is C14H18FN3O. The van der Waals surface area contributed by atoms with Gasteiger partial charge in [-0.05, 0) is 25.5 Å². The summed E-state index contributed by atoms with van der Waals surface area (Å²) in [6, 6.07) is 3.67. The summed E-state index contributed by atoms with van der Waals surface area (Å²) < 4.78 is 15.3. The molecule has 0 amide bonds. The maximum Gasteiger partial charge on any atom is 0.147 e. The lowest BCUT2D eigenvalue weighted by atomic mass is 10.1. The highest BCUT2D eigenvalue weighted by molar-refractivity contribution is 5.17. The zero-order valence-corrected chi connectivity index (χ0v) is 11.1. The summed E-state index contributed by atoms with van der Waals surface area (Å²) >= 11 is 0. The molecule has 5 heteroatoms. The first-order valence-electron chi connectivity index (χ1n) is 6.43. The molecule has 2 rings (SSSR count). The lowest BCUT2D eigenvalue weighted by Crippen LogP contribution is -2.08. The lowest BCUT2D eigenvalue weighted by Gasteiger charge is -2.11. The van der Waals surface area contributed by atoms with Crippen molar-refractivity contribution in [1.29, 1.82) is 0 Å². The van der Waals surface area contributed by atoms with Crippen LogP contribution in [0.4, 0.5) is 4.39 Å². The maximum absolute atomic E-state index is 13.5. The van der Waals surface area contributed by atoms with E-state index in [2.05, 4.69) is 23.9 Å². The van der Waals surface area contributed by atoms with Crippen LogP contribution in [0.3, 0.4) is 0 Å². The Hall–Kier alpha value is -1.75. The highest BCUT2D eigenvalue weighted by Gasteiger charge is 2.15. The van der Waals surface area contributed by atoms with Crippen molar-refractivity contribution in [1.82, 2.24) is 14.8 Å². The Balaban J connectivity index is 2.09. The quantitative estimate of drug-likeness (QED) is 0.902. The van der Waals surface area contributed by atoms with Gasteiger partial charge < -0.3 is 5.11 Å². The normalized spacial score (nSPS) is 14.3. The molecule has 2 aromatic rings. The smallest absolute Gasteiger partial charge is 0.147 e. The summed E-state index contributed by atoms with van der Waals surface area (Å²) in [5, 5.41) is 14.4. The molecule has 0 aliphatic rings. The minimum Gasteiger partial charge on any atom is -0.388 e. The number of nitrogens with zero attached hydrogens (tertiary/aromatic N) is 3. The second kappa shape index (κ2) is 5.93. The van der Waals surface area contributed by atoms with Gasteiger partial charge in [0.15, 0.2) is 0 Å². The number of hydrogen-bond acceptors (Lipinski definition) is 3. The summed E-state index contributed by atoms with van der Waals surface area (Å²) in [5.41, 5.74) is 1.01. The van der Waals surface area contributed by atoms with E-state index in [0.29, 0.717) is 12.5 Å². The molecule has 0 spiro atoms. The Morgan fingerprint density at radius 1 is 1.42 bits per heavy atom. The van der Waals surface area contributed by atoms with Crippen molar-refractivity contribution in [3.63, 3.8) is 0 Å². The number of halogens is 1. The van der Waals surface area contributed by atoms with E-state index in [4.69, 9.17) is 0 Å². The van der Waals surface area contributed by atoms with Gasteiger partial charge in [0.05, 0.1) is 18.0 Å². The molecule has 0 aromatic carbocycles. The van der Waals surface area contributed by atoms with Gasteiger partial charge in [-0.15, -0.1) is 0 Å². The predicted octanol–water partition coefficient (Wildman–Crippen LogP) is 2.66. The Labute approximate surface area is 111 Å². The third-order valence-corrected chi connectivity index (χ3v) is 3.27. The van der Waals surface area contributed by atoms with Crippen LogP contribution in [0.5, 0.6) is 0 Å². The van der Waals surface area contributed by atoms with Gasteiger partial charge in [-0.25, -0.2) is 4.39 Å². The third kappa shape index (κ3) is 3.17. The average molecular weight is 263 g/mol. The largest absolute Gasteiger partial charge is 0.388 e. The lowest BCUT2D eigenvalue weighted by molar-refractivity contribution is 0.172. The van der Waals surface area contributed by atoms with Crippen LogP contribution in [-0.4, -0.2) is 19.9 Å². The van der Waals surface area contributed by atoms with Crippen LogP contribution in [0.1, 0.15) is 43.7 Å². The summed E-state index contributed by atoms with van der Waals surface area (Å²) in [5.74, 6) is -0.489. The van der Waals surface area contributed by atoms with Crippen molar-refractivity contribution in [2.75, 3.05) is 0 Å². The standard InChI is InChI=1S/C14H18FN3O/c1-3-10(2)18-7-5-11(17-18)8-14(19)12-4-6-16-9-13(12)15/h4-7,9-10,14,19H,3,8H2,1-2H3. The molecule has 0 radical (unpaired) electrons. The van der Waals surface area contributed by atoms with Crippen LogP contribution in [0.2, 0.25) is 0 Å². The Bertz CT molecular complexity index is 541. The fourth-order valence-electron chi connectivity index (χ4n) is 1.88. The molecule has 19 heavy (non-hydrogen) atoms. The van der Waals surface area contributed by atoms with Gasteiger partial charge in [-0.2, -0.15) is 5.10 Å². The van der Waals surface area contributed by atoms with Gasteiger partial charge >= 0.3 is 0 Å². The molecule has 2 heterocycles. The van der Waals surface area contributed by atoms with Gasteiger partial charge in [0, 0.05) is 30.4 Å². The fourth-order valence-corrected chi connectivity index (χ4v) is 1.88. The van der Waals surface area contributed by atoms with Crippen LogP contribution in [-0.2, 0) is 6.42 Å². The van der Waals surface area contributed by atoms with Crippen LogP contribution < -0.4 is 0 Å². The summed E-state index contributed by atoms with van der Waals surface area (Å²) in [4.78, 5) is 3.67. The SMILES string of the molecule is CCC(C)n1ccc(CC(O)c2ccncc2F)n1. The van der Waals surface area contributed by atoms with E-state index >= 15 is 0 Å². The highest BCUT2D eigenvalue weighted by Crippen LogP contribution is 2.20. The first kappa shape index (κ1) is 13.7. The summed E-state index contributed by atoms with van der Waals surface area (Å²) in [7, 11) is 0. The topological polar surface area (TPSA) is 50.9 Å². The zero-order chi connectivity index (χ0) is 13.8. The van der Waals surface area contributed by atoms with E-state index in [-0.39, 0.29) is 5.56 Å². The third-order valence-electron chi connectivity index (χ3n) is 3.27. The number of aromatic nitrogens is 3. The molecule has 0 aliphatic carbocycles. The summed E-state index contributed by atoms with van der Waals surface area (Å²) in [6.07, 6.45) is 4.85. The maximum atomic E-state index is 13.5. The van der Waals surface area contributed by atoms with Crippen molar-refractivity contribution < 1.29 is 9.50 Å². The zero-order valence-electron chi connectivity index (χ0n) is 11.1. The van der Waals surface area contributed by atoms with E-state index in [1.165, 1.54) is 12.3 Å². The van der Waals surface area contributed by atoms with Crippen molar-refractivity contribution in [2.45, 2.75) is 38.8 Å². The minimum atomic E-state index is -0.900. The van der Waals surface area contributed by atoms with E-state index in [0.717, 1.165) is 18.3 Å². The van der Waals surface area contributed by atoms with Crippen LogP contribution in [0.25, 0.3) is 0 Å². The van der Waals surface area contributed by atoms with Crippen molar-refractivity contribution in [2.24, 2.45) is 0 Å². The van der Waals surface area contributed by atoms with E-state index in [9.17, 15) is 9.50 Å². The Morgan fingerprint density at radius 2 is 2.21 bits per heavy atom. The molecule has 0 aliphatic heterocycles. The average Bonchev–Trinajstić information content (AvgIpc) is 2.86. The number of aliphatic hydroxyl groups excluding tert-OH is 1. The van der Waals surface area contributed by atoms with E-state index in [1.807, 2.05) is 16.9 Å². The molecule has 0 fully saturated rings. The molecule has 2 atom stereocenters. The molecule has 1 N–H and O–H groups in total. The van der Waals surface area contributed by atoms with Crippen molar-refractivity contribution >= 4 is 0 Å². The molecule has 0 bridgehead atoms. The van der Waals surface area contributed by atoms with Crippen LogP contribution >= 0.6 is 0 Å². The Kier molecular flexibility index (Phi) is 4.27. The Morgan fingerprint density at radius 3 is 2.89 bits per heavy atom. The molecule has 2 unspecified atom stereocenters. The summed E-state index contributed by atoms with van der Waals surface area (Å²) in [6.45, 7) is 4.17.